The average Bonchev–Trinajstić information content (AvgIpc) is 2.95. The van der Waals surface area contributed by atoms with Crippen molar-refractivity contribution in [3.05, 3.63) is 22.2 Å². The standard InChI is InChI=1S/C14H15Cl2N3O3S2/c1-24(21,22)19-6-2-3-8(7-19)13(20)18-14-17-11-9(15)4-5-10(16)12(11)23-14/h4-5,8H,2-3,6-7H2,1H3,(H,17,18,20)/t8-/m0/s1. The number of benzene rings is 1. The lowest BCUT2D eigenvalue weighted by Gasteiger charge is -2.29. The molecule has 1 saturated heterocycles. The molecule has 3 rings (SSSR count). The summed E-state index contributed by atoms with van der Waals surface area (Å²) in [5.41, 5.74) is 0.547. The van der Waals surface area contributed by atoms with Gasteiger partial charge in [-0.25, -0.2) is 17.7 Å². The van der Waals surface area contributed by atoms with Gasteiger partial charge in [0, 0.05) is 13.1 Å². The molecule has 1 atom stereocenters. The normalized spacial score (nSPS) is 19.5. The summed E-state index contributed by atoms with van der Waals surface area (Å²) in [6, 6.07) is 3.34. The molecule has 130 valence electrons. The van der Waals surface area contributed by atoms with Crippen LogP contribution in [0.3, 0.4) is 0 Å². The number of carbonyl (C=O) groups is 1. The molecule has 0 saturated carbocycles. The third-order valence-corrected chi connectivity index (χ3v) is 6.91. The number of nitrogens with one attached hydrogen (secondary N) is 1. The Kier molecular flexibility index (Phi) is 5.04. The molecule has 1 aromatic heterocycles. The maximum absolute atomic E-state index is 12.5. The third-order valence-electron chi connectivity index (χ3n) is 3.90. The largest absolute Gasteiger partial charge is 0.302 e. The number of rotatable bonds is 3. The van der Waals surface area contributed by atoms with Crippen molar-refractivity contribution in [2.24, 2.45) is 5.92 Å². The highest BCUT2D eigenvalue weighted by atomic mass is 35.5. The van der Waals surface area contributed by atoms with Crippen molar-refractivity contribution in [1.29, 1.82) is 0 Å². The molecule has 0 aliphatic carbocycles. The Morgan fingerprint density at radius 1 is 1.38 bits per heavy atom. The van der Waals surface area contributed by atoms with Crippen molar-refractivity contribution in [1.82, 2.24) is 9.29 Å². The first kappa shape index (κ1) is 17.9. The predicted molar refractivity (Wildman–Crippen MR) is 97.4 cm³/mol. The number of fused-ring (bicyclic) bond motifs is 1. The van der Waals surface area contributed by atoms with E-state index in [1.54, 1.807) is 12.1 Å². The van der Waals surface area contributed by atoms with Crippen molar-refractivity contribution in [2.45, 2.75) is 12.8 Å². The van der Waals surface area contributed by atoms with E-state index >= 15 is 0 Å². The van der Waals surface area contributed by atoms with Crippen LogP contribution in [0.4, 0.5) is 5.13 Å². The molecule has 1 amide bonds. The maximum atomic E-state index is 12.5. The van der Waals surface area contributed by atoms with E-state index in [1.807, 2.05) is 0 Å². The minimum absolute atomic E-state index is 0.192. The van der Waals surface area contributed by atoms with Gasteiger partial charge in [-0.2, -0.15) is 0 Å². The van der Waals surface area contributed by atoms with E-state index < -0.39 is 15.9 Å². The fourth-order valence-electron chi connectivity index (χ4n) is 2.66. The van der Waals surface area contributed by atoms with E-state index in [1.165, 1.54) is 15.6 Å². The highest BCUT2D eigenvalue weighted by molar-refractivity contribution is 7.88. The van der Waals surface area contributed by atoms with Crippen LogP contribution in [0.25, 0.3) is 10.2 Å². The summed E-state index contributed by atoms with van der Waals surface area (Å²) < 4.78 is 25.4. The Bertz CT molecular complexity index is 859. The zero-order valence-electron chi connectivity index (χ0n) is 12.8. The number of piperidine rings is 1. The van der Waals surface area contributed by atoms with Crippen LogP contribution in [0.5, 0.6) is 0 Å². The van der Waals surface area contributed by atoms with Crippen molar-refractivity contribution in [2.75, 3.05) is 24.7 Å². The Hall–Kier alpha value is -0.930. The van der Waals surface area contributed by atoms with Gasteiger partial charge < -0.3 is 5.32 Å². The van der Waals surface area contributed by atoms with Gasteiger partial charge in [0.05, 0.1) is 26.9 Å². The maximum Gasteiger partial charge on any atom is 0.230 e. The number of thiazole rings is 1. The summed E-state index contributed by atoms with van der Waals surface area (Å²) >= 11 is 13.5. The van der Waals surface area contributed by atoms with E-state index in [0.717, 1.165) is 6.26 Å². The number of aromatic nitrogens is 1. The van der Waals surface area contributed by atoms with Crippen LogP contribution < -0.4 is 5.32 Å². The summed E-state index contributed by atoms with van der Waals surface area (Å²) in [6.07, 6.45) is 2.46. The molecule has 2 heterocycles. The topological polar surface area (TPSA) is 79.4 Å². The lowest BCUT2D eigenvalue weighted by molar-refractivity contribution is -0.120. The highest BCUT2D eigenvalue weighted by Gasteiger charge is 2.30. The number of hydrogen-bond acceptors (Lipinski definition) is 5. The third kappa shape index (κ3) is 3.67. The van der Waals surface area contributed by atoms with Crippen LogP contribution in [-0.2, 0) is 14.8 Å². The molecular formula is C14H15Cl2N3O3S2. The molecule has 24 heavy (non-hydrogen) atoms. The first-order chi connectivity index (χ1) is 11.3. The molecule has 0 spiro atoms. The Balaban J connectivity index is 1.77. The molecule has 2 aromatic rings. The molecule has 1 aromatic carbocycles. The van der Waals surface area contributed by atoms with Gasteiger partial charge in [-0.15, -0.1) is 0 Å². The number of amides is 1. The lowest BCUT2D eigenvalue weighted by Crippen LogP contribution is -2.43. The monoisotopic (exact) mass is 407 g/mol. The number of nitrogens with zero attached hydrogens (tertiary/aromatic N) is 2. The van der Waals surface area contributed by atoms with E-state index in [0.29, 0.717) is 44.8 Å². The molecule has 10 heteroatoms. The molecule has 1 aliphatic rings. The predicted octanol–water partition coefficient (Wildman–Crippen LogP) is 3.21. The van der Waals surface area contributed by atoms with Crippen molar-refractivity contribution < 1.29 is 13.2 Å². The quantitative estimate of drug-likeness (QED) is 0.846. The molecule has 6 nitrogen and oxygen atoms in total. The molecular weight excluding hydrogens is 393 g/mol. The van der Waals surface area contributed by atoms with Gasteiger partial charge >= 0.3 is 0 Å². The second-order valence-electron chi connectivity index (χ2n) is 5.68. The summed E-state index contributed by atoms with van der Waals surface area (Å²) in [4.78, 5) is 16.8. The Morgan fingerprint density at radius 3 is 2.75 bits per heavy atom. The van der Waals surface area contributed by atoms with Crippen LogP contribution >= 0.6 is 34.5 Å². The molecule has 0 unspecified atom stereocenters. The molecule has 1 aliphatic heterocycles. The summed E-state index contributed by atoms with van der Waals surface area (Å²) in [5.74, 6) is -0.638. The second kappa shape index (κ2) is 6.76. The van der Waals surface area contributed by atoms with Gasteiger partial charge in [0.1, 0.15) is 5.52 Å². The first-order valence-corrected chi connectivity index (χ1v) is 10.7. The molecule has 1 N–H and O–H groups in total. The Morgan fingerprint density at radius 2 is 2.08 bits per heavy atom. The van der Waals surface area contributed by atoms with Crippen molar-refractivity contribution in [3.8, 4) is 0 Å². The van der Waals surface area contributed by atoms with E-state index in [4.69, 9.17) is 23.2 Å². The van der Waals surface area contributed by atoms with Crippen molar-refractivity contribution in [3.63, 3.8) is 0 Å². The van der Waals surface area contributed by atoms with Gasteiger partial charge in [0.25, 0.3) is 0 Å². The van der Waals surface area contributed by atoms with Crippen LogP contribution in [-0.4, -0.2) is 43.0 Å². The number of sulfonamides is 1. The van der Waals surface area contributed by atoms with E-state index in [9.17, 15) is 13.2 Å². The van der Waals surface area contributed by atoms with E-state index in [-0.39, 0.29) is 12.5 Å². The SMILES string of the molecule is CS(=O)(=O)N1CCC[C@H](C(=O)Nc2nc3c(Cl)ccc(Cl)c3s2)C1. The van der Waals surface area contributed by atoms with Crippen LogP contribution in [0.2, 0.25) is 10.0 Å². The molecule has 0 bridgehead atoms. The minimum Gasteiger partial charge on any atom is -0.302 e. The summed E-state index contributed by atoms with van der Waals surface area (Å²) in [6.45, 7) is 0.645. The minimum atomic E-state index is -3.29. The van der Waals surface area contributed by atoms with Gasteiger partial charge in [-0.05, 0) is 25.0 Å². The smallest absolute Gasteiger partial charge is 0.230 e. The van der Waals surface area contributed by atoms with E-state index in [2.05, 4.69) is 10.3 Å². The van der Waals surface area contributed by atoms with Gasteiger partial charge in [0.15, 0.2) is 5.13 Å². The van der Waals surface area contributed by atoms with Gasteiger partial charge in [-0.3, -0.25) is 4.79 Å². The van der Waals surface area contributed by atoms with Gasteiger partial charge in [0.2, 0.25) is 15.9 Å². The zero-order valence-corrected chi connectivity index (χ0v) is 15.9. The second-order valence-corrected chi connectivity index (χ2v) is 9.47. The first-order valence-electron chi connectivity index (χ1n) is 7.26. The molecule has 1 fully saturated rings. The summed E-state index contributed by atoms with van der Waals surface area (Å²) in [5, 5.41) is 4.15. The molecule has 0 radical (unpaired) electrons. The fraction of sp³-hybridized carbons (Fsp3) is 0.429. The number of hydrogen-bond donors (Lipinski definition) is 1. The van der Waals surface area contributed by atoms with Crippen molar-refractivity contribution >= 4 is 65.8 Å². The number of anilines is 1. The highest BCUT2D eigenvalue weighted by Crippen LogP contribution is 2.36. The van der Waals surface area contributed by atoms with Crippen LogP contribution in [0, 0.1) is 5.92 Å². The summed E-state index contributed by atoms with van der Waals surface area (Å²) in [7, 11) is -3.29. The number of carbonyl (C=O) groups excluding carboxylic acids is 1. The average molecular weight is 408 g/mol. The number of halogens is 2. The van der Waals surface area contributed by atoms with Crippen LogP contribution in [0.1, 0.15) is 12.8 Å². The lowest BCUT2D eigenvalue weighted by atomic mass is 9.99. The van der Waals surface area contributed by atoms with Crippen LogP contribution in [0.15, 0.2) is 12.1 Å². The van der Waals surface area contributed by atoms with Gasteiger partial charge in [-0.1, -0.05) is 34.5 Å². The Labute approximate surface area is 153 Å². The fourth-order valence-corrected chi connectivity index (χ4v) is 5.00. The zero-order chi connectivity index (χ0) is 17.5.